The molecule has 0 aliphatic heterocycles. The number of benzene rings is 1. The maximum absolute atomic E-state index is 11.7. The molecule has 0 aromatic heterocycles. The molecule has 17 heavy (non-hydrogen) atoms. The van der Waals surface area contributed by atoms with Gasteiger partial charge < -0.3 is 10.5 Å². The van der Waals surface area contributed by atoms with Gasteiger partial charge in [-0.3, -0.25) is 9.80 Å². The second kappa shape index (κ2) is 5.35. The molecular formula is C11H16ClN3O2. The van der Waals surface area contributed by atoms with Gasteiger partial charge in [0.15, 0.2) is 0 Å². The number of nitrogens with zero attached hydrogens (tertiary/aromatic N) is 1. The Kier molecular flexibility index (Phi) is 4.34. The van der Waals surface area contributed by atoms with E-state index in [1.54, 1.807) is 12.1 Å². The van der Waals surface area contributed by atoms with Gasteiger partial charge in [-0.1, -0.05) is 11.6 Å². The molecule has 94 valence electrons. The molecule has 1 aromatic rings. The van der Waals surface area contributed by atoms with Crippen LogP contribution in [-0.4, -0.2) is 25.1 Å². The lowest BCUT2D eigenvalue weighted by Crippen LogP contribution is -2.40. The van der Waals surface area contributed by atoms with Crippen molar-refractivity contribution in [2.24, 2.45) is 11.6 Å². The molecule has 6 heteroatoms. The Morgan fingerprint density at radius 3 is 2.59 bits per heavy atom. The number of likely N-dealkylation sites (N-methyl/N-ethyl adjacent to an activating group) is 1. The van der Waals surface area contributed by atoms with Gasteiger partial charge in [0.1, 0.15) is 11.8 Å². The second-order valence-corrected chi connectivity index (χ2v) is 4.18. The fraction of sp³-hybridized carbons (Fsp3) is 0.364. The highest BCUT2D eigenvalue weighted by Crippen LogP contribution is 2.30. The third kappa shape index (κ3) is 2.88. The zero-order valence-electron chi connectivity index (χ0n) is 10.0. The Bertz CT molecular complexity index is 435. The van der Waals surface area contributed by atoms with Crippen molar-refractivity contribution in [2.45, 2.75) is 13.0 Å². The third-order valence-corrected chi connectivity index (χ3v) is 2.78. The van der Waals surface area contributed by atoms with Gasteiger partial charge in [0.25, 0.3) is 5.91 Å². The molecule has 0 heterocycles. The van der Waals surface area contributed by atoms with E-state index in [9.17, 15) is 4.79 Å². The van der Waals surface area contributed by atoms with E-state index < -0.39 is 6.04 Å². The molecule has 0 aliphatic carbocycles. The van der Waals surface area contributed by atoms with E-state index in [0.717, 1.165) is 10.6 Å². The van der Waals surface area contributed by atoms with Crippen LogP contribution in [0, 0.1) is 6.92 Å². The number of methoxy groups -OCH3 is 1. The summed E-state index contributed by atoms with van der Waals surface area (Å²) in [4.78, 5) is 11.7. The van der Waals surface area contributed by atoms with E-state index >= 15 is 0 Å². The molecule has 1 rings (SSSR count). The molecule has 0 fully saturated rings. The van der Waals surface area contributed by atoms with Crippen molar-refractivity contribution in [3.05, 3.63) is 28.3 Å². The van der Waals surface area contributed by atoms with Crippen molar-refractivity contribution in [3.8, 4) is 5.75 Å². The summed E-state index contributed by atoms with van der Waals surface area (Å²) in [6, 6.07) is 2.54. The molecule has 1 aromatic carbocycles. The lowest BCUT2D eigenvalue weighted by molar-refractivity contribution is -0.131. The molecule has 0 spiro atoms. The highest BCUT2D eigenvalue weighted by atomic mass is 35.5. The molecule has 5 nitrogen and oxygen atoms in total. The van der Waals surface area contributed by atoms with E-state index in [-0.39, 0.29) is 5.91 Å². The van der Waals surface area contributed by atoms with Gasteiger partial charge >= 0.3 is 0 Å². The van der Waals surface area contributed by atoms with Gasteiger partial charge in [0.2, 0.25) is 0 Å². The number of hydrogen-bond donors (Lipinski definition) is 2. The average molecular weight is 258 g/mol. The average Bonchev–Trinajstić information content (AvgIpc) is 2.29. The predicted octanol–water partition coefficient (Wildman–Crippen LogP) is 0.989. The van der Waals surface area contributed by atoms with Gasteiger partial charge in [-0.15, -0.1) is 0 Å². The summed E-state index contributed by atoms with van der Waals surface area (Å²) in [5.74, 6) is 5.53. The monoisotopic (exact) mass is 257 g/mol. The Balaban J connectivity index is 3.15. The first kappa shape index (κ1) is 13.8. The Morgan fingerprint density at radius 2 is 2.12 bits per heavy atom. The number of amides is 1. The van der Waals surface area contributed by atoms with Crippen LogP contribution in [0.2, 0.25) is 5.02 Å². The van der Waals surface area contributed by atoms with Gasteiger partial charge in [0, 0.05) is 7.05 Å². The number of halogens is 1. The van der Waals surface area contributed by atoms with Gasteiger partial charge in [-0.2, -0.15) is 0 Å². The largest absolute Gasteiger partial charge is 0.495 e. The lowest BCUT2D eigenvalue weighted by Gasteiger charge is -2.19. The molecule has 4 N–H and O–H groups in total. The molecule has 1 amide bonds. The number of nitrogens with two attached hydrogens (primary N) is 2. The van der Waals surface area contributed by atoms with Gasteiger partial charge in [-0.05, 0) is 30.2 Å². The molecule has 0 radical (unpaired) electrons. The van der Waals surface area contributed by atoms with E-state index in [0.29, 0.717) is 16.3 Å². The fourth-order valence-electron chi connectivity index (χ4n) is 1.51. The van der Waals surface area contributed by atoms with Crippen molar-refractivity contribution < 1.29 is 9.53 Å². The van der Waals surface area contributed by atoms with Crippen LogP contribution in [0.1, 0.15) is 17.2 Å². The third-order valence-electron chi connectivity index (χ3n) is 2.49. The van der Waals surface area contributed by atoms with E-state index in [1.165, 1.54) is 14.2 Å². The topological polar surface area (TPSA) is 81.6 Å². The first-order chi connectivity index (χ1) is 7.88. The number of hydrogen-bond acceptors (Lipinski definition) is 4. The SMILES string of the molecule is COc1cc(C)c(C(N)C(=O)N(C)N)cc1Cl. The molecule has 0 bridgehead atoms. The van der Waals surface area contributed by atoms with E-state index in [1.807, 2.05) is 6.92 Å². The number of carbonyl (C=O) groups excluding carboxylic acids is 1. The minimum Gasteiger partial charge on any atom is -0.495 e. The van der Waals surface area contributed by atoms with Crippen molar-refractivity contribution in [3.63, 3.8) is 0 Å². The van der Waals surface area contributed by atoms with Crippen LogP contribution in [0.4, 0.5) is 0 Å². The van der Waals surface area contributed by atoms with E-state index in [2.05, 4.69) is 0 Å². The van der Waals surface area contributed by atoms with Crippen molar-refractivity contribution in [2.75, 3.05) is 14.2 Å². The minimum atomic E-state index is -0.826. The Morgan fingerprint density at radius 1 is 1.53 bits per heavy atom. The zero-order valence-corrected chi connectivity index (χ0v) is 10.8. The normalized spacial score (nSPS) is 12.1. The minimum absolute atomic E-state index is 0.380. The maximum atomic E-state index is 11.7. The van der Waals surface area contributed by atoms with Crippen LogP contribution in [-0.2, 0) is 4.79 Å². The van der Waals surface area contributed by atoms with Crippen molar-refractivity contribution in [1.29, 1.82) is 0 Å². The van der Waals surface area contributed by atoms with Crippen molar-refractivity contribution in [1.82, 2.24) is 5.01 Å². The zero-order chi connectivity index (χ0) is 13.2. The van der Waals surface area contributed by atoms with Crippen molar-refractivity contribution >= 4 is 17.5 Å². The first-order valence-corrected chi connectivity index (χ1v) is 5.38. The van der Waals surface area contributed by atoms with Crippen LogP contribution >= 0.6 is 11.6 Å². The molecule has 1 atom stereocenters. The summed E-state index contributed by atoms with van der Waals surface area (Å²) in [6.07, 6.45) is 0. The number of hydrazine groups is 1. The number of rotatable bonds is 3. The molecule has 0 aliphatic rings. The maximum Gasteiger partial charge on any atom is 0.257 e. The number of aryl methyl sites for hydroxylation is 1. The standard InChI is InChI=1S/C11H16ClN3O2/c1-6-4-9(17-3)8(12)5-7(6)10(13)11(16)15(2)14/h4-5,10H,13-14H2,1-3H3. The summed E-state index contributed by atoms with van der Waals surface area (Å²) in [6.45, 7) is 1.83. The summed E-state index contributed by atoms with van der Waals surface area (Å²) < 4.78 is 5.08. The first-order valence-electron chi connectivity index (χ1n) is 5.00. The van der Waals surface area contributed by atoms with Crippen LogP contribution < -0.4 is 16.3 Å². The number of carbonyl (C=O) groups is 1. The van der Waals surface area contributed by atoms with Crippen LogP contribution in [0.5, 0.6) is 5.75 Å². The predicted molar refractivity (Wildman–Crippen MR) is 66.6 cm³/mol. The second-order valence-electron chi connectivity index (χ2n) is 3.77. The van der Waals surface area contributed by atoms with Crippen LogP contribution in [0.15, 0.2) is 12.1 Å². The van der Waals surface area contributed by atoms with Crippen LogP contribution in [0.3, 0.4) is 0 Å². The Hall–Kier alpha value is -1.30. The summed E-state index contributed by atoms with van der Waals surface area (Å²) >= 11 is 5.99. The van der Waals surface area contributed by atoms with Crippen LogP contribution in [0.25, 0.3) is 0 Å². The smallest absolute Gasteiger partial charge is 0.257 e. The Labute approximate surface area is 105 Å². The van der Waals surface area contributed by atoms with Gasteiger partial charge in [0.05, 0.1) is 12.1 Å². The summed E-state index contributed by atoms with van der Waals surface area (Å²) in [5.41, 5.74) is 7.29. The molecule has 1 unspecified atom stereocenters. The van der Waals surface area contributed by atoms with Gasteiger partial charge in [-0.25, -0.2) is 5.84 Å². The fourth-order valence-corrected chi connectivity index (χ4v) is 1.76. The quantitative estimate of drug-likeness (QED) is 0.481. The lowest BCUT2D eigenvalue weighted by atomic mass is 10.0. The highest BCUT2D eigenvalue weighted by Gasteiger charge is 2.21. The summed E-state index contributed by atoms with van der Waals surface area (Å²) in [7, 11) is 2.97. The molecule has 0 saturated heterocycles. The van der Waals surface area contributed by atoms with E-state index in [4.69, 9.17) is 27.9 Å². The molecular weight excluding hydrogens is 242 g/mol. The number of ether oxygens (including phenoxy) is 1. The molecule has 0 saturated carbocycles. The highest BCUT2D eigenvalue weighted by molar-refractivity contribution is 6.32. The summed E-state index contributed by atoms with van der Waals surface area (Å²) in [5, 5.41) is 1.37.